The lowest BCUT2D eigenvalue weighted by Crippen LogP contribution is -2.49. The molecule has 0 aliphatic carbocycles. The van der Waals surface area contributed by atoms with Gasteiger partial charge in [0.25, 0.3) is 0 Å². The van der Waals surface area contributed by atoms with Crippen LogP contribution in [0.3, 0.4) is 0 Å². The highest BCUT2D eigenvalue weighted by Gasteiger charge is 2.34. The van der Waals surface area contributed by atoms with E-state index >= 15 is 0 Å². The maximum atomic E-state index is 3.48. The van der Waals surface area contributed by atoms with E-state index in [0.717, 1.165) is 0 Å². The summed E-state index contributed by atoms with van der Waals surface area (Å²) >= 11 is 0. The number of nitrogens with zero attached hydrogens (tertiary/aromatic N) is 1. The molecule has 0 aromatic carbocycles. The van der Waals surface area contributed by atoms with Crippen molar-refractivity contribution < 1.29 is 0 Å². The Bertz CT molecular complexity index is 205. The Morgan fingerprint density at radius 1 is 1.19 bits per heavy atom. The van der Waals surface area contributed by atoms with Crippen LogP contribution in [-0.4, -0.2) is 37.1 Å². The summed E-state index contributed by atoms with van der Waals surface area (Å²) in [5.41, 5.74) is 0.902. The lowest BCUT2D eigenvalue weighted by atomic mass is 9.75. The van der Waals surface area contributed by atoms with Crippen molar-refractivity contribution in [2.45, 2.75) is 58.9 Å². The lowest BCUT2D eigenvalue weighted by Gasteiger charge is -2.45. The summed E-state index contributed by atoms with van der Waals surface area (Å²) in [7, 11) is 2.29. The van der Waals surface area contributed by atoms with Crippen molar-refractivity contribution in [3.05, 3.63) is 0 Å². The minimum atomic E-state index is 0.340. The molecule has 1 aliphatic rings. The van der Waals surface area contributed by atoms with Crippen LogP contribution in [0.1, 0.15) is 53.4 Å². The average molecular weight is 226 g/mol. The van der Waals surface area contributed by atoms with Gasteiger partial charge in [0.15, 0.2) is 0 Å². The minimum absolute atomic E-state index is 0.340. The van der Waals surface area contributed by atoms with Gasteiger partial charge in [0.05, 0.1) is 0 Å². The second kappa shape index (κ2) is 5.50. The summed E-state index contributed by atoms with van der Waals surface area (Å²) in [5, 5.41) is 3.48. The fourth-order valence-corrected chi connectivity index (χ4v) is 2.57. The number of hydrogen-bond donors (Lipinski definition) is 1. The van der Waals surface area contributed by atoms with Gasteiger partial charge < -0.3 is 10.2 Å². The van der Waals surface area contributed by atoms with E-state index in [-0.39, 0.29) is 0 Å². The van der Waals surface area contributed by atoms with Crippen molar-refractivity contribution >= 4 is 0 Å². The molecule has 1 fully saturated rings. The highest BCUT2D eigenvalue weighted by atomic mass is 15.2. The van der Waals surface area contributed by atoms with Gasteiger partial charge in [0, 0.05) is 12.1 Å². The predicted octanol–water partition coefficient (Wildman–Crippen LogP) is 2.89. The van der Waals surface area contributed by atoms with E-state index in [9.17, 15) is 0 Å². The Morgan fingerprint density at radius 3 is 2.19 bits per heavy atom. The van der Waals surface area contributed by atoms with Crippen LogP contribution in [0.25, 0.3) is 0 Å². The highest BCUT2D eigenvalue weighted by molar-refractivity contribution is 4.89. The van der Waals surface area contributed by atoms with Crippen LogP contribution in [0, 0.1) is 5.41 Å². The van der Waals surface area contributed by atoms with Gasteiger partial charge >= 0.3 is 0 Å². The summed E-state index contributed by atoms with van der Waals surface area (Å²) in [6.45, 7) is 13.0. The maximum absolute atomic E-state index is 3.48. The fraction of sp³-hybridized carbons (Fsp3) is 1.00. The number of rotatable bonds is 5. The first kappa shape index (κ1) is 14.0. The van der Waals surface area contributed by atoms with Crippen LogP contribution in [0.5, 0.6) is 0 Å². The SMILES string of the molecule is CCC1(CN(C)C(C)(C)CC)CCNCC1. The Labute approximate surface area is 102 Å². The zero-order chi connectivity index (χ0) is 12.2. The Morgan fingerprint density at radius 2 is 1.75 bits per heavy atom. The molecule has 0 aromatic rings. The molecular formula is C14H30N2. The summed E-state index contributed by atoms with van der Waals surface area (Å²) in [4.78, 5) is 2.57. The molecule has 16 heavy (non-hydrogen) atoms. The first-order valence-corrected chi connectivity index (χ1v) is 6.88. The molecule has 0 unspecified atom stereocenters. The maximum Gasteiger partial charge on any atom is 0.0147 e. The molecule has 0 aromatic heterocycles. The minimum Gasteiger partial charge on any atom is -0.317 e. The van der Waals surface area contributed by atoms with Gasteiger partial charge in [0.2, 0.25) is 0 Å². The van der Waals surface area contributed by atoms with Crippen molar-refractivity contribution in [3.63, 3.8) is 0 Å². The van der Waals surface area contributed by atoms with Crippen molar-refractivity contribution in [1.82, 2.24) is 10.2 Å². The molecule has 1 N–H and O–H groups in total. The topological polar surface area (TPSA) is 15.3 Å². The molecule has 1 heterocycles. The Hall–Kier alpha value is -0.0800. The summed E-state index contributed by atoms with van der Waals surface area (Å²) in [6.07, 6.45) is 5.22. The van der Waals surface area contributed by atoms with E-state index in [1.165, 1.54) is 45.3 Å². The van der Waals surface area contributed by atoms with Gasteiger partial charge in [-0.05, 0) is 65.1 Å². The van der Waals surface area contributed by atoms with Crippen LogP contribution < -0.4 is 5.32 Å². The zero-order valence-corrected chi connectivity index (χ0v) is 11.9. The third-order valence-electron chi connectivity index (χ3n) is 4.89. The van der Waals surface area contributed by atoms with Crippen LogP contribution >= 0.6 is 0 Å². The standard InChI is InChI=1S/C14H30N2/c1-6-13(3,4)16(5)12-14(7-2)8-10-15-11-9-14/h15H,6-12H2,1-5H3. The first-order chi connectivity index (χ1) is 7.46. The number of hydrogen-bond acceptors (Lipinski definition) is 2. The molecule has 2 nitrogen and oxygen atoms in total. The van der Waals surface area contributed by atoms with Crippen molar-refractivity contribution in [1.29, 1.82) is 0 Å². The van der Waals surface area contributed by atoms with E-state index in [1.54, 1.807) is 0 Å². The van der Waals surface area contributed by atoms with Gasteiger partial charge in [0.1, 0.15) is 0 Å². The molecule has 0 amide bonds. The Balaban J connectivity index is 2.62. The van der Waals surface area contributed by atoms with Gasteiger partial charge in [-0.2, -0.15) is 0 Å². The van der Waals surface area contributed by atoms with Crippen LogP contribution in [-0.2, 0) is 0 Å². The quantitative estimate of drug-likeness (QED) is 0.775. The lowest BCUT2D eigenvalue weighted by molar-refractivity contribution is 0.0584. The molecule has 1 saturated heterocycles. The zero-order valence-electron chi connectivity index (χ0n) is 11.9. The molecule has 0 radical (unpaired) electrons. The van der Waals surface area contributed by atoms with Crippen molar-refractivity contribution in [2.75, 3.05) is 26.7 Å². The summed E-state index contributed by atoms with van der Waals surface area (Å²) in [6, 6.07) is 0. The molecule has 0 atom stereocenters. The van der Waals surface area contributed by atoms with Gasteiger partial charge in [-0.3, -0.25) is 0 Å². The molecular weight excluding hydrogens is 196 g/mol. The van der Waals surface area contributed by atoms with Gasteiger partial charge in [-0.25, -0.2) is 0 Å². The highest BCUT2D eigenvalue weighted by Crippen LogP contribution is 2.35. The molecule has 0 bridgehead atoms. The molecule has 1 rings (SSSR count). The Kier molecular flexibility index (Phi) is 4.81. The third-order valence-corrected chi connectivity index (χ3v) is 4.89. The summed E-state index contributed by atoms with van der Waals surface area (Å²) in [5.74, 6) is 0. The molecule has 0 saturated carbocycles. The van der Waals surface area contributed by atoms with Gasteiger partial charge in [-0.1, -0.05) is 13.8 Å². The van der Waals surface area contributed by atoms with Gasteiger partial charge in [-0.15, -0.1) is 0 Å². The molecule has 96 valence electrons. The van der Waals surface area contributed by atoms with Crippen LogP contribution in [0.2, 0.25) is 0 Å². The van der Waals surface area contributed by atoms with E-state index in [4.69, 9.17) is 0 Å². The molecule has 0 spiro atoms. The smallest absolute Gasteiger partial charge is 0.0147 e. The fourth-order valence-electron chi connectivity index (χ4n) is 2.57. The van der Waals surface area contributed by atoms with Crippen molar-refractivity contribution in [2.24, 2.45) is 5.41 Å². The largest absolute Gasteiger partial charge is 0.317 e. The average Bonchev–Trinajstić information content (AvgIpc) is 2.30. The monoisotopic (exact) mass is 226 g/mol. The second-order valence-corrected chi connectivity index (χ2v) is 6.13. The van der Waals surface area contributed by atoms with E-state index in [1.807, 2.05) is 0 Å². The van der Waals surface area contributed by atoms with E-state index < -0.39 is 0 Å². The van der Waals surface area contributed by atoms with Crippen LogP contribution in [0.4, 0.5) is 0 Å². The number of piperidine rings is 1. The van der Waals surface area contributed by atoms with E-state index in [2.05, 4.69) is 45.0 Å². The second-order valence-electron chi connectivity index (χ2n) is 6.13. The van der Waals surface area contributed by atoms with Crippen molar-refractivity contribution in [3.8, 4) is 0 Å². The van der Waals surface area contributed by atoms with E-state index in [0.29, 0.717) is 11.0 Å². The third kappa shape index (κ3) is 3.21. The molecule has 1 aliphatic heterocycles. The predicted molar refractivity (Wildman–Crippen MR) is 71.8 cm³/mol. The normalized spacial score (nSPS) is 21.4. The first-order valence-electron chi connectivity index (χ1n) is 6.88. The summed E-state index contributed by atoms with van der Waals surface area (Å²) < 4.78 is 0. The van der Waals surface area contributed by atoms with Crippen LogP contribution in [0.15, 0.2) is 0 Å². The number of nitrogens with one attached hydrogen (secondary N) is 1. The molecule has 2 heteroatoms.